The summed E-state index contributed by atoms with van der Waals surface area (Å²) in [5.74, 6) is -0.00437. The van der Waals surface area contributed by atoms with E-state index in [2.05, 4.69) is 5.32 Å². The molecule has 0 aliphatic heterocycles. The Morgan fingerprint density at radius 1 is 1.21 bits per heavy atom. The third-order valence-electron chi connectivity index (χ3n) is 3.15. The molecule has 0 unspecified atom stereocenters. The number of fused-ring (bicyclic) bond motifs is 1. The zero-order chi connectivity index (χ0) is 14.2. The van der Waals surface area contributed by atoms with E-state index < -0.39 is 0 Å². The second-order valence-electron chi connectivity index (χ2n) is 5.12. The maximum atomic E-state index is 11.8. The topological polar surface area (TPSA) is 56.0 Å². The number of hydrogen-bond donors (Lipinski definition) is 1. The second kappa shape index (κ2) is 4.91. The first-order valence-corrected chi connectivity index (χ1v) is 6.34. The molecule has 0 bridgehead atoms. The van der Waals surface area contributed by atoms with Crippen LogP contribution in [-0.4, -0.2) is 21.1 Å². The Kier molecular flexibility index (Phi) is 3.46. The van der Waals surface area contributed by atoms with E-state index in [0.717, 1.165) is 16.6 Å². The molecule has 0 radical (unpaired) electrons. The maximum Gasteiger partial charge on any atom is 0.328 e. The number of carbonyl (C=O) groups excluding carboxylic acids is 1. The Hall–Kier alpha value is -2.04. The molecule has 0 saturated heterocycles. The van der Waals surface area contributed by atoms with E-state index in [-0.39, 0.29) is 17.6 Å². The van der Waals surface area contributed by atoms with Gasteiger partial charge in [0, 0.05) is 20.1 Å². The van der Waals surface area contributed by atoms with Gasteiger partial charge in [-0.3, -0.25) is 13.9 Å². The predicted molar refractivity (Wildman–Crippen MR) is 75.1 cm³/mol. The number of rotatable bonds is 3. The minimum Gasteiger partial charge on any atom is -0.354 e. The molecule has 1 heterocycles. The first-order valence-electron chi connectivity index (χ1n) is 6.34. The molecule has 0 saturated carbocycles. The highest BCUT2D eigenvalue weighted by molar-refractivity contribution is 5.82. The standard InChI is InChI=1S/C14H19N3O2/c1-9(2)15-13(18)8-10-5-6-11-12(7-10)17(4)14(19)16(11)3/h5-7,9H,8H2,1-4H3,(H,15,18). The van der Waals surface area contributed by atoms with Crippen LogP contribution in [0.3, 0.4) is 0 Å². The average molecular weight is 261 g/mol. The van der Waals surface area contributed by atoms with Gasteiger partial charge in [0.25, 0.3) is 0 Å². The van der Waals surface area contributed by atoms with Crippen LogP contribution in [-0.2, 0) is 25.3 Å². The van der Waals surface area contributed by atoms with Crippen molar-refractivity contribution in [3.63, 3.8) is 0 Å². The van der Waals surface area contributed by atoms with E-state index in [1.165, 1.54) is 0 Å². The van der Waals surface area contributed by atoms with Crippen LogP contribution in [0.1, 0.15) is 19.4 Å². The molecule has 2 aromatic rings. The van der Waals surface area contributed by atoms with Gasteiger partial charge in [0.2, 0.25) is 5.91 Å². The lowest BCUT2D eigenvalue weighted by atomic mass is 10.1. The first kappa shape index (κ1) is 13.4. The molecule has 0 aliphatic rings. The molecule has 1 amide bonds. The van der Waals surface area contributed by atoms with Crippen molar-refractivity contribution in [2.75, 3.05) is 0 Å². The highest BCUT2D eigenvalue weighted by atomic mass is 16.2. The summed E-state index contributed by atoms with van der Waals surface area (Å²) in [6.45, 7) is 3.87. The third kappa shape index (κ3) is 2.54. The summed E-state index contributed by atoms with van der Waals surface area (Å²) >= 11 is 0. The summed E-state index contributed by atoms with van der Waals surface area (Å²) in [5, 5.41) is 2.86. The average Bonchev–Trinajstić information content (AvgIpc) is 2.53. The van der Waals surface area contributed by atoms with Crippen LogP contribution in [0, 0.1) is 0 Å². The fraction of sp³-hybridized carbons (Fsp3) is 0.429. The predicted octanol–water partition coefficient (Wildman–Crippen LogP) is 0.944. The molecule has 5 heteroatoms. The van der Waals surface area contributed by atoms with E-state index in [0.29, 0.717) is 6.42 Å². The summed E-state index contributed by atoms with van der Waals surface area (Å²) in [6.07, 6.45) is 0.331. The van der Waals surface area contributed by atoms with Crippen LogP contribution < -0.4 is 11.0 Å². The van der Waals surface area contributed by atoms with E-state index in [1.807, 2.05) is 32.0 Å². The van der Waals surface area contributed by atoms with E-state index in [4.69, 9.17) is 0 Å². The maximum absolute atomic E-state index is 11.8. The number of nitrogens with one attached hydrogen (secondary N) is 1. The van der Waals surface area contributed by atoms with E-state index >= 15 is 0 Å². The molecule has 19 heavy (non-hydrogen) atoms. The molecule has 0 aliphatic carbocycles. The van der Waals surface area contributed by atoms with Crippen molar-refractivity contribution in [1.82, 2.24) is 14.5 Å². The zero-order valence-electron chi connectivity index (χ0n) is 11.7. The lowest BCUT2D eigenvalue weighted by Gasteiger charge is -2.08. The molecule has 0 atom stereocenters. The SMILES string of the molecule is CC(C)NC(=O)Cc1ccc2c(c1)n(C)c(=O)n2C. The van der Waals surface area contributed by atoms with Crippen LogP contribution in [0.15, 0.2) is 23.0 Å². The van der Waals surface area contributed by atoms with Crippen molar-refractivity contribution in [3.05, 3.63) is 34.2 Å². The molecule has 0 fully saturated rings. The molecule has 1 N–H and O–H groups in total. The van der Waals surface area contributed by atoms with Gasteiger partial charge in [-0.2, -0.15) is 0 Å². The Morgan fingerprint density at radius 3 is 2.47 bits per heavy atom. The second-order valence-corrected chi connectivity index (χ2v) is 5.12. The lowest BCUT2D eigenvalue weighted by molar-refractivity contribution is -0.120. The van der Waals surface area contributed by atoms with Crippen molar-refractivity contribution >= 4 is 16.9 Å². The summed E-state index contributed by atoms with van der Waals surface area (Å²) in [4.78, 5) is 23.5. The van der Waals surface area contributed by atoms with Gasteiger partial charge in [0.05, 0.1) is 17.5 Å². The molecule has 5 nitrogen and oxygen atoms in total. The van der Waals surface area contributed by atoms with Gasteiger partial charge >= 0.3 is 5.69 Å². The largest absolute Gasteiger partial charge is 0.354 e. The smallest absolute Gasteiger partial charge is 0.328 e. The first-order chi connectivity index (χ1) is 8.90. The summed E-state index contributed by atoms with van der Waals surface area (Å²) in [6, 6.07) is 5.81. The molecule has 1 aromatic heterocycles. The number of aromatic nitrogens is 2. The van der Waals surface area contributed by atoms with Gasteiger partial charge in [-0.25, -0.2) is 4.79 Å². The molecular formula is C14H19N3O2. The van der Waals surface area contributed by atoms with E-state index in [9.17, 15) is 9.59 Å². The fourth-order valence-corrected chi connectivity index (χ4v) is 2.22. The number of benzene rings is 1. The number of aryl methyl sites for hydroxylation is 2. The fourth-order valence-electron chi connectivity index (χ4n) is 2.22. The minimum absolute atomic E-state index is 0.00437. The number of nitrogens with zero attached hydrogens (tertiary/aromatic N) is 2. The van der Waals surface area contributed by atoms with Crippen LogP contribution in [0.2, 0.25) is 0 Å². The summed E-state index contributed by atoms with van der Waals surface area (Å²) in [5.41, 5.74) is 2.58. The molecule has 2 rings (SSSR count). The van der Waals surface area contributed by atoms with Crippen molar-refractivity contribution in [1.29, 1.82) is 0 Å². The molecule has 102 valence electrons. The van der Waals surface area contributed by atoms with Crippen molar-refractivity contribution < 1.29 is 4.79 Å². The van der Waals surface area contributed by atoms with Gasteiger partial charge in [-0.1, -0.05) is 6.07 Å². The third-order valence-corrected chi connectivity index (χ3v) is 3.15. The van der Waals surface area contributed by atoms with Crippen molar-refractivity contribution in [3.8, 4) is 0 Å². The van der Waals surface area contributed by atoms with Gasteiger partial charge in [-0.05, 0) is 31.5 Å². The number of amides is 1. The van der Waals surface area contributed by atoms with Gasteiger partial charge in [0.15, 0.2) is 0 Å². The quantitative estimate of drug-likeness (QED) is 0.894. The monoisotopic (exact) mass is 261 g/mol. The molecule has 0 spiro atoms. The Balaban J connectivity index is 2.35. The van der Waals surface area contributed by atoms with Crippen molar-refractivity contribution in [2.45, 2.75) is 26.3 Å². The van der Waals surface area contributed by atoms with Crippen molar-refractivity contribution in [2.24, 2.45) is 14.1 Å². The van der Waals surface area contributed by atoms with Gasteiger partial charge < -0.3 is 5.32 Å². The zero-order valence-corrected chi connectivity index (χ0v) is 11.7. The van der Waals surface area contributed by atoms with Crippen LogP contribution in [0.25, 0.3) is 11.0 Å². The number of hydrogen-bond acceptors (Lipinski definition) is 2. The van der Waals surface area contributed by atoms with Crippen LogP contribution >= 0.6 is 0 Å². The van der Waals surface area contributed by atoms with E-state index in [1.54, 1.807) is 23.2 Å². The Morgan fingerprint density at radius 2 is 1.84 bits per heavy atom. The summed E-state index contributed by atoms with van der Waals surface area (Å²) in [7, 11) is 3.48. The molecular weight excluding hydrogens is 242 g/mol. The Bertz CT molecular complexity index is 680. The highest BCUT2D eigenvalue weighted by Gasteiger charge is 2.10. The molecule has 1 aromatic carbocycles. The van der Waals surface area contributed by atoms with Gasteiger partial charge in [-0.15, -0.1) is 0 Å². The highest BCUT2D eigenvalue weighted by Crippen LogP contribution is 2.14. The van der Waals surface area contributed by atoms with Crippen LogP contribution in [0.5, 0.6) is 0 Å². The lowest BCUT2D eigenvalue weighted by Crippen LogP contribution is -2.31. The Labute approximate surface area is 111 Å². The number of carbonyl (C=O) groups is 1. The minimum atomic E-state index is -0.0567. The number of imidazole rings is 1. The normalized spacial score (nSPS) is 11.2. The van der Waals surface area contributed by atoms with Gasteiger partial charge in [0.1, 0.15) is 0 Å². The summed E-state index contributed by atoms with van der Waals surface area (Å²) < 4.78 is 3.20. The van der Waals surface area contributed by atoms with Crippen LogP contribution in [0.4, 0.5) is 0 Å².